The fourth-order valence-corrected chi connectivity index (χ4v) is 6.53. The summed E-state index contributed by atoms with van der Waals surface area (Å²) in [6, 6.07) is 30.5. The van der Waals surface area contributed by atoms with Gasteiger partial charge in [0.2, 0.25) is 11.8 Å². The Balaban J connectivity index is 1.14. The summed E-state index contributed by atoms with van der Waals surface area (Å²) in [7, 11) is 0. The Labute approximate surface area is 252 Å². The summed E-state index contributed by atoms with van der Waals surface area (Å²) in [5, 5.41) is 9.88. The monoisotopic (exact) mass is 581 g/mol. The van der Waals surface area contributed by atoms with Crippen LogP contribution in [0.3, 0.4) is 0 Å². The van der Waals surface area contributed by atoms with Crippen molar-refractivity contribution in [2.24, 2.45) is 0 Å². The van der Waals surface area contributed by atoms with E-state index in [0.29, 0.717) is 32.5 Å². The fraction of sp³-hybridized carbons (Fsp3) is 0.353. The molecule has 3 aromatic carbocycles. The van der Waals surface area contributed by atoms with Crippen LogP contribution in [0.5, 0.6) is 0 Å². The van der Waals surface area contributed by atoms with Gasteiger partial charge in [-0.1, -0.05) is 97.5 Å². The van der Waals surface area contributed by atoms with Crippen LogP contribution in [-0.2, 0) is 16.0 Å². The van der Waals surface area contributed by atoms with Gasteiger partial charge in [-0.15, -0.1) is 10.2 Å². The number of hydrogen-bond acceptors (Lipinski definition) is 5. The lowest BCUT2D eigenvalue weighted by molar-refractivity contribution is -0.143. The third-order valence-corrected chi connectivity index (χ3v) is 8.87. The molecule has 2 unspecified atom stereocenters. The number of amides is 2. The molecule has 0 bridgehead atoms. The lowest BCUT2D eigenvalue weighted by atomic mass is 9.94. The first-order valence-corrected chi connectivity index (χ1v) is 15.8. The number of benzene rings is 3. The minimum Gasteiger partial charge on any atom is -0.339 e. The van der Waals surface area contributed by atoms with Gasteiger partial charge in [-0.3, -0.25) is 14.2 Å². The molecule has 2 amide bonds. The van der Waals surface area contributed by atoms with Gasteiger partial charge in [0, 0.05) is 50.0 Å². The first-order valence-electron chi connectivity index (χ1n) is 14.8. The smallest absolute Gasteiger partial charge is 0.230 e. The molecule has 0 saturated carbocycles. The summed E-state index contributed by atoms with van der Waals surface area (Å²) in [5.41, 5.74) is 3.28. The lowest BCUT2D eigenvalue weighted by Crippen LogP contribution is -2.56. The molecule has 5 rings (SSSR count). The average Bonchev–Trinajstić information content (AvgIpc) is 3.42. The SMILES string of the molecule is CCC(C(=O)N1CCN(C(=O)CCCSc2nnc(Cc3ccccc3)n2-c2ccccc2)CC1C)c1ccccc1. The van der Waals surface area contributed by atoms with E-state index in [2.05, 4.69) is 46.0 Å². The summed E-state index contributed by atoms with van der Waals surface area (Å²) in [5.74, 6) is 1.84. The van der Waals surface area contributed by atoms with E-state index in [4.69, 9.17) is 0 Å². The fourth-order valence-electron chi connectivity index (χ4n) is 5.62. The molecule has 1 aromatic heterocycles. The van der Waals surface area contributed by atoms with Crippen LogP contribution in [0.1, 0.15) is 56.0 Å². The van der Waals surface area contributed by atoms with Crippen molar-refractivity contribution in [2.45, 2.75) is 56.6 Å². The summed E-state index contributed by atoms with van der Waals surface area (Å²) in [4.78, 5) is 30.4. The second-order valence-electron chi connectivity index (χ2n) is 10.8. The van der Waals surface area contributed by atoms with Crippen molar-refractivity contribution in [1.82, 2.24) is 24.6 Å². The predicted molar refractivity (Wildman–Crippen MR) is 168 cm³/mol. The molecule has 1 fully saturated rings. The molecule has 0 aliphatic carbocycles. The summed E-state index contributed by atoms with van der Waals surface area (Å²) >= 11 is 1.64. The molecule has 1 aliphatic heterocycles. The average molecular weight is 582 g/mol. The van der Waals surface area contributed by atoms with E-state index < -0.39 is 0 Å². The van der Waals surface area contributed by atoms with E-state index >= 15 is 0 Å². The zero-order valence-corrected chi connectivity index (χ0v) is 25.2. The zero-order valence-electron chi connectivity index (χ0n) is 24.4. The minimum atomic E-state index is -0.140. The molecule has 2 heterocycles. The molecule has 7 nitrogen and oxygen atoms in total. The van der Waals surface area contributed by atoms with Gasteiger partial charge < -0.3 is 9.80 Å². The Morgan fingerprint density at radius 3 is 2.24 bits per heavy atom. The maximum Gasteiger partial charge on any atom is 0.230 e. The van der Waals surface area contributed by atoms with Crippen LogP contribution in [0.15, 0.2) is 96.2 Å². The van der Waals surface area contributed by atoms with Crippen molar-refractivity contribution in [1.29, 1.82) is 0 Å². The minimum absolute atomic E-state index is 0.00482. The molecule has 4 aromatic rings. The third kappa shape index (κ3) is 7.10. The van der Waals surface area contributed by atoms with Gasteiger partial charge >= 0.3 is 0 Å². The van der Waals surface area contributed by atoms with Crippen molar-refractivity contribution in [2.75, 3.05) is 25.4 Å². The Morgan fingerprint density at radius 1 is 0.905 bits per heavy atom. The molecule has 8 heteroatoms. The first kappa shape index (κ1) is 29.6. The van der Waals surface area contributed by atoms with E-state index in [0.717, 1.165) is 40.8 Å². The number of nitrogens with zero attached hydrogens (tertiary/aromatic N) is 5. The maximum atomic E-state index is 13.4. The molecular formula is C34H39N5O2S. The quantitative estimate of drug-likeness (QED) is 0.161. The molecule has 218 valence electrons. The van der Waals surface area contributed by atoms with Crippen molar-refractivity contribution >= 4 is 23.6 Å². The Kier molecular flexibility index (Phi) is 10.1. The van der Waals surface area contributed by atoms with E-state index in [1.165, 1.54) is 5.56 Å². The van der Waals surface area contributed by atoms with Crippen LogP contribution < -0.4 is 0 Å². The molecule has 0 spiro atoms. The highest BCUT2D eigenvalue weighted by molar-refractivity contribution is 7.99. The maximum absolute atomic E-state index is 13.4. The molecular weight excluding hydrogens is 542 g/mol. The number of carbonyl (C=O) groups is 2. The molecule has 0 N–H and O–H groups in total. The molecule has 2 atom stereocenters. The largest absolute Gasteiger partial charge is 0.339 e. The Bertz CT molecular complexity index is 1440. The molecule has 1 saturated heterocycles. The number of para-hydroxylation sites is 1. The van der Waals surface area contributed by atoms with E-state index in [1.807, 2.05) is 83.5 Å². The van der Waals surface area contributed by atoms with Gasteiger partial charge in [0.05, 0.1) is 5.92 Å². The normalized spacial score (nSPS) is 15.9. The Hall–Kier alpha value is -3.91. The van der Waals surface area contributed by atoms with Crippen LogP contribution in [-0.4, -0.2) is 67.8 Å². The highest BCUT2D eigenvalue weighted by Crippen LogP contribution is 2.26. The van der Waals surface area contributed by atoms with Crippen LogP contribution in [0, 0.1) is 0 Å². The van der Waals surface area contributed by atoms with Gasteiger partial charge in [0.25, 0.3) is 0 Å². The predicted octanol–water partition coefficient (Wildman–Crippen LogP) is 5.98. The van der Waals surface area contributed by atoms with Crippen LogP contribution in [0.2, 0.25) is 0 Å². The van der Waals surface area contributed by atoms with Crippen molar-refractivity contribution in [3.8, 4) is 5.69 Å². The number of aromatic nitrogens is 3. The number of hydrogen-bond donors (Lipinski definition) is 0. The van der Waals surface area contributed by atoms with Gasteiger partial charge in [-0.2, -0.15) is 0 Å². The second kappa shape index (κ2) is 14.3. The lowest BCUT2D eigenvalue weighted by Gasteiger charge is -2.41. The van der Waals surface area contributed by atoms with E-state index in [1.54, 1.807) is 11.8 Å². The number of rotatable bonds is 11. The first-order chi connectivity index (χ1) is 20.5. The Morgan fingerprint density at radius 2 is 1.57 bits per heavy atom. The summed E-state index contributed by atoms with van der Waals surface area (Å²) in [6.07, 6.45) is 2.68. The zero-order chi connectivity index (χ0) is 29.3. The summed E-state index contributed by atoms with van der Waals surface area (Å²) in [6.45, 7) is 5.85. The standard InChI is InChI=1S/C34H39N5O2S/c1-3-30(28-16-9-5-10-17-28)33(41)38-22-21-37(25-26(38)2)32(40)20-13-23-42-34-36-35-31(24-27-14-7-4-8-15-27)39(34)29-18-11-6-12-19-29/h4-12,14-19,26,30H,3,13,20-25H2,1-2H3. The van der Waals surface area contributed by atoms with Gasteiger partial charge in [0.1, 0.15) is 5.82 Å². The molecule has 0 radical (unpaired) electrons. The number of thioether (sulfide) groups is 1. The molecule has 42 heavy (non-hydrogen) atoms. The highest BCUT2D eigenvalue weighted by Gasteiger charge is 2.33. The van der Waals surface area contributed by atoms with Crippen molar-refractivity contribution in [3.63, 3.8) is 0 Å². The summed E-state index contributed by atoms with van der Waals surface area (Å²) < 4.78 is 2.12. The van der Waals surface area contributed by atoms with Crippen molar-refractivity contribution < 1.29 is 9.59 Å². The highest BCUT2D eigenvalue weighted by atomic mass is 32.2. The van der Waals surface area contributed by atoms with E-state index in [-0.39, 0.29) is 23.8 Å². The third-order valence-electron chi connectivity index (χ3n) is 7.86. The van der Waals surface area contributed by atoms with Gasteiger partial charge in [-0.25, -0.2) is 0 Å². The van der Waals surface area contributed by atoms with Crippen LogP contribution in [0.25, 0.3) is 5.69 Å². The van der Waals surface area contributed by atoms with Gasteiger partial charge in [-0.05, 0) is 43.0 Å². The van der Waals surface area contributed by atoms with Gasteiger partial charge in [0.15, 0.2) is 5.16 Å². The number of carbonyl (C=O) groups excluding carboxylic acids is 2. The second-order valence-corrected chi connectivity index (χ2v) is 11.8. The molecule has 1 aliphatic rings. The topological polar surface area (TPSA) is 71.3 Å². The number of piperazine rings is 1. The van der Waals surface area contributed by atoms with Crippen LogP contribution in [0.4, 0.5) is 0 Å². The van der Waals surface area contributed by atoms with Crippen LogP contribution >= 0.6 is 11.8 Å². The van der Waals surface area contributed by atoms with E-state index in [9.17, 15) is 9.59 Å². The van der Waals surface area contributed by atoms with Crippen molar-refractivity contribution in [3.05, 3.63) is 108 Å².